The summed E-state index contributed by atoms with van der Waals surface area (Å²) in [4.78, 5) is 1.28. The van der Waals surface area contributed by atoms with Crippen LogP contribution in [0.15, 0.2) is 59.5 Å². The van der Waals surface area contributed by atoms with Crippen LogP contribution in [-0.2, 0) is 6.42 Å². The number of hydrogen-bond acceptors (Lipinski definition) is 2. The van der Waals surface area contributed by atoms with Crippen molar-refractivity contribution in [3.8, 4) is 0 Å². The van der Waals surface area contributed by atoms with Crippen LogP contribution in [0.25, 0.3) is 0 Å². The van der Waals surface area contributed by atoms with E-state index in [4.69, 9.17) is 0 Å². The summed E-state index contributed by atoms with van der Waals surface area (Å²) in [6, 6.07) is 19.8. The number of nitrogens with one attached hydrogen (secondary N) is 1. The van der Waals surface area contributed by atoms with Crippen molar-refractivity contribution < 1.29 is 0 Å². The first-order chi connectivity index (χ1) is 9.28. The first kappa shape index (κ1) is 14.2. The molecule has 0 heterocycles. The molecular weight excluding hydrogens is 250 g/mol. The van der Waals surface area contributed by atoms with E-state index in [0.29, 0.717) is 6.04 Å². The molecule has 1 unspecified atom stereocenters. The molecule has 2 heteroatoms. The second-order valence-electron chi connectivity index (χ2n) is 4.83. The zero-order valence-electron chi connectivity index (χ0n) is 11.6. The van der Waals surface area contributed by atoms with Gasteiger partial charge >= 0.3 is 0 Å². The van der Waals surface area contributed by atoms with Gasteiger partial charge in [0.2, 0.25) is 0 Å². The molecule has 1 nitrogen and oxygen atoms in total. The van der Waals surface area contributed by atoms with Gasteiger partial charge < -0.3 is 0 Å². The topological polar surface area (TPSA) is 12.0 Å². The van der Waals surface area contributed by atoms with Crippen LogP contribution in [-0.4, -0.2) is 6.04 Å². The van der Waals surface area contributed by atoms with E-state index < -0.39 is 0 Å². The number of hydrogen-bond donors (Lipinski definition) is 1. The second-order valence-corrected chi connectivity index (χ2v) is 5.74. The molecule has 0 spiro atoms. The molecule has 1 atom stereocenters. The lowest BCUT2D eigenvalue weighted by atomic mass is 10.1. The van der Waals surface area contributed by atoms with Crippen molar-refractivity contribution in [1.29, 1.82) is 0 Å². The van der Waals surface area contributed by atoms with Crippen molar-refractivity contribution >= 4 is 11.9 Å². The third-order valence-corrected chi connectivity index (χ3v) is 4.14. The minimum absolute atomic E-state index is 0.508. The Morgan fingerprint density at radius 3 is 2.32 bits per heavy atom. The van der Waals surface area contributed by atoms with Gasteiger partial charge in [0.15, 0.2) is 0 Å². The zero-order chi connectivity index (χ0) is 13.5. The van der Waals surface area contributed by atoms with Crippen LogP contribution in [0.5, 0.6) is 0 Å². The summed E-state index contributed by atoms with van der Waals surface area (Å²) in [5.41, 5.74) is 2.70. The van der Waals surface area contributed by atoms with Gasteiger partial charge in [0.05, 0.1) is 0 Å². The summed E-state index contributed by atoms with van der Waals surface area (Å²) in [5.74, 6) is 0. The fraction of sp³-hybridized carbons (Fsp3) is 0.294. The van der Waals surface area contributed by atoms with E-state index in [0.717, 1.165) is 12.8 Å². The standard InChI is InChI=1S/C17H21NS/c1-3-16(13-15-7-5-4-6-8-15)18-19-17-11-9-14(2)10-12-17/h4-12,16,18H,3,13H2,1-2H3. The molecule has 0 amide bonds. The summed E-state index contributed by atoms with van der Waals surface area (Å²) >= 11 is 1.73. The van der Waals surface area contributed by atoms with E-state index in [1.807, 2.05) is 0 Å². The molecule has 0 saturated carbocycles. The van der Waals surface area contributed by atoms with Crippen molar-refractivity contribution in [2.45, 2.75) is 37.6 Å². The zero-order valence-corrected chi connectivity index (χ0v) is 12.4. The van der Waals surface area contributed by atoms with Crippen LogP contribution in [0, 0.1) is 6.92 Å². The molecule has 0 aromatic heterocycles. The van der Waals surface area contributed by atoms with Gasteiger partial charge in [-0.05, 0) is 49.4 Å². The molecule has 0 fully saturated rings. The van der Waals surface area contributed by atoms with E-state index in [9.17, 15) is 0 Å². The maximum atomic E-state index is 3.57. The Kier molecular flexibility index (Phi) is 5.49. The van der Waals surface area contributed by atoms with Crippen LogP contribution >= 0.6 is 11.9 Å². The minimum Gasteiger partial charge on any atom is -0.256 e. The first-order valence-electron chi connectivity index (χ1n) is 6.81. The highest BCUT2D eigenvalue weighted by Gasteiger charge is 2.07. The van der Waals surface area contributed by atoms with Crippen LogP contribution in [0.2, 0.25) is 0 Å². The molecule has 0 aliphatic heterocycles. The lowest BCUT2D eigenvalue weighted by molar-refractivity contribution is 0.607. The number of rotatable bonds is 6. The number of benzene rings is 2. The number of aryl methyl sites for hydroxylation is 1. The van der Waals surface area contributed by atoms with Crippen LogP contribution in [0.1, 0.15) is 24.5 Å². The lowest BCUT2D eigenvalue weighted by Gasteiger charge is -2.16. The molecule has 19 heavy (non-hydrogen) atoms. The molecule has 0 aliphatic rings. The average molecular weight is 271 g/mol. The molecule has 100 valence electrons. The third-order valence-electron chi connectivity index (χ3n) is 3.18. The maximum absolute atomic E-state index is 3.57. The van der Waals surface area contributed by atoms with Gasteiger partial charge in [-0.3, -0.25) is 4.72 Å². The predicted octanol–water partition coefficient (Wildman–Crippen LogP) is 4.61. The van der Waals surface area contributed by atoms with E-state index in [-0.39, 0.29) is 0 Å². The van der Waals surface area contributed by atoms with E-state index >= 15 is 0 Å². The lowest BCUT2D eigenvalue weighted by Crippen LogP contribution is -2.24. The second kappa shape index (κ2) is 7.37. The van der Waals surface area contributed by atoms with E-state index in [1.165, 1.54) is 16.0 Å². The van der Waals surface area contributed by atoms with Gasteiger partial charge in [0.1, 0.15) is 0 Å². The van der Waals surface area contributed by atoms with Crippen LogP contribution in [0.3, 0.4) is 0 Å². The quantitative estimate of drug-likeness (QED) is 0.770. The smallest absolute Gasteiger partial charge is 0.0228 e. The third kappa shape index (κ3) is 4.73. The van der Waals surface area contributed by atoms with Gasteiger partial charge in [-0.1, -0.05) is 55.0 Å². The SMILES string of the molecule is CCC(Cc1ccccc1)NSc1ccc(C)cc1. The van der Waals surface area contributed by atoms with Crippen LogP contribution in [0.4, 0.5) is 0 Å². The fourth-order valence-electron chi connectivity index (χ4n) is 1.93. The Balaban J connectivity index is 1.87. The van der Waals surface area contributed by atoms with Gasteiger partial charge in [0, 0.05) is 10.9 Å². The van der Waals surface area contributed by atoms with Crippen molar-refractivity contribution in [3.63, 3.8) is 0 Å². The molecule has 0 aliphatic carbocycles. The predicted molar refractivity (Wildman–Crippen MR) is 84.4 cm³/mol. The highest BCUT2D eigenvalue weighted by molar-refractivity contribution is 7.97. The minimum atomic E-state index is 0.508. The maximum Gasteiger partial charge on any atom is 0.0228 e. The highest BCUT2D eigenvalue weighted by atomic mass is 32.2. The molecule has 1 N–H and O–H groups in total. The molecule has 2 aromatic rings. The summed E-state index contributed by atoms with van der Waals surface area (Å²) in [6.45, 7) is 4.35. The molecule has 0 radical (unpaired) electrons. The highest BCUT2D eigenvalue weighted by Crippen LogP contribution is 2.17. The van der Waals surface area contributed by atoms with Crippen molar-refractivity contribution in [3.05, 3.63) is 65.7 Å². The Morgan fingerprint density at radius 2 is 1.68 bits per heavy atom. The Bertz CT molecular complexity index is 478. The normalized spacial score (nSPS) is 12.3. The first-order valence-corrected chi connectivity index (χ1v) is 7.62. The Morgan fingerprint density at radius 1 is 1.00 bits per heavy atom. The monoisotopic (exact) mass is 271 g/mol. The van der Waals surface area contributed by atoms with Gasteiger partial charge in [-0.2, -0.15) is 0 Å². The van der Waals surface area contributed by atoms with Gasteiger partial charge in [-0.15, -0.1) is 0 Å². The van der Waals surface area contributed by atoms with E-state index in [2.05, 4.69) is 73.2 Å². The average Bonchev–Trinajstić information content (AvgIpc) is 2.46. The largest absolute Gasteiger partial charge is 0.256 e. The molecule has 0 bridgehead atoms. The van der Waals surface area contributed by atoms with Crippen molar-refractivity contribution in [2.75, 3.05) is 0 Å². The summed E-state index contributed by atoms with van der Waals surface area (Å²) < 4.78 is 3.57. The summed E-state index contributed by atoms with van der Waals surface area (Å²) in [6.07, 6.45) is 2.21. The summed E-state index contributed by atoms with van der Waals surface area (Å²) in [5, 5.41) is 0. The molecular formula is C17H21NS. The fourth-order valence-corrected chi connectivity index (χ4v) is 2.75. The van der Waals surface area contributed by atoms with Crippen molar-refractivity contribution in [1.82, 2.24) is 4.72 Å². The van der Waals surface area contributed by atoms with Gasteiger partial charge in [0.25, 0.3) is 0 Å². The summed E-state index contributed by atoms with van der Waals surface area (Å²) in [7, 11) is 0. The van der Waals surface area contributed by atoms with Crippen molar-refractivity contribution in [2.24, 2.45) is 0 Å². The van der Waals surface area contributed by atoms with Gasteiger partial charge in [-0.25, -0.2) is 0 Å². The molecule has 0 saturated heterocycles. The van der Waals surface area contributed by atoms with E-state index in [1.54, 1.807) is 11.9 Å². The molecule has 2 aromatic carbocycles. The molecule has 2 rings (SSSR count). The Hall–Kier alpha value is -1.25. The van der Waals surface area contributed by atoms with Crippen LogP contribution < -0.4 is 4.72 Å². The Labute approximate surface area is 120 Å².